The fourth-order valence-corrected chi connectivity index (χ4v) is 4.76. The Hall–Kier alpha value is -4.10. The highest BCUT2D eigenvalue weighted by molar-refractivity contribution is 5.94. The van der Waals surface area contributed by atoms with Crippen molar-refractivity contribution in [1.82, 2.24) is 29.1 Å². The molecule has 0 aliphatic carbocycles. The zero-order valence-corrected chi connectivity index (χ0v) is 21.8. The van der Waals surface area contributed by atoms with E-state index in [1.165, 1.54) is 37.0 Å². The number of aryl methyl sites for hydroxylation is 2. The van der Waals surface area contributed by atoms with Gasteiger partial charge in [0.2, 0.25) is 5.91 Å². The zero-order chi connectivity index (χ0) is 28.9. The van der Waals surface area contributed by atoms with Crippen molar-refractivity contribution in [3.05, 3.63) is 59.3 Å². The lowest BCUT2D eigenvalue weighted by Crippen LogP contribution is -2.36. The normalized spacial score (nSPS) is 14.1. The van der Waals surface area contributed by atoms with Crippen molar-refractivity contribution in [2.24, 2.45) is 0 Å². The number of fused-ring (bicyclic) bond motifs is 1. The third kappa shape index (κ3) is 4.86. The number of rotatable bonds is 7. The van der Waals surface area contributed by atoms with E-state index >= 15 is 4.39 Å². The molecule has 1 aromatic carbocycles. The van der Waals surface area contributed by atoms with E-state index in [1.54, 1.807) is 20.8 Å². The molecule has 40 heavy (non-hydrogen) atoms. The minimum atomic E-state index is -4.68. The quantitative estimate of drug-likeness (QED) is 0.249. The number of nitrogens with zero attached hydrogens (tertiary/aromatic N) is 7. The molecule has 4 aromatic rings. The predicted molar refractivity (Wildman–Crippen MR) is 133 cm³/mol. The van der Waals surface area contributed by atoms with Gasteiger partial charge in [-0.25, -0.2) is 22.8 Å². The van der Waals surface area contributed by atoms with Crippen LogP contribution in [0.3, 0.4) is 0 Å². The minimum absolute atomic E-state index is 0.0671. The highest BCUT2D eigenvalue weighted by atomic mass is 19.4. The van der Waals surface area contributed by atoms with Gasteiger partial charge in [-0.2, -0.15) is 23.4 Å². The van der Waals surface area contributed by atoms with E-state index in [0.717, 1.165) is 18.5 Å². The van der Waals surface area contributed by atoms with Gasteiger partial charge in [-0.15, -0.1) is 0 Å². The predicted octanol–water partition coefficient (Wildman–Crippen LogP) is 6.24. The molecule has 14 heteroatoms. The number of hydrogen-bond acceptors (Lipinski definition) is 4. The standard InChI is InChI=1S/C26H25F6N7O/c1-4-36-13-20(26(30,31)32)34-25(36)16-6-5-15(9-18(16)27)12-37-21-10-19(35-38(21)8-7-22(37)40)23-17(24(28)29)11-33-39(23)14(2)3/h5-6,9-11,13-14,24H,4,7-8,12H2,1-3H3. The van der Waals surface area contributed by atoms with Gasteiger partial charge in [-0.1, -0.05) is 6.07 Å². The van der Waals surface area contributed by atoms with Crippen LogP contribution in [0.2, 0.25) is 0 Å². The Morgan fingerprint density at radius 1 is 1.12 bits per heavy atom. The van der Waals surface area contributed by atoms with Gasteiger partial charge in [0.15, 0.2) is 5.69 Å². The van der Waals surface area contributed by atoms with Crippen LogP contribution in [0.25, 0.3) is 22.8 Å². The van der Waals surface area contributed by atoms with Gasteiger partial charge < -0.3 is 4.57 Å². The van der Waals surface area contributed by atoms with Crippen molar-refractivity contribution in [1.29, 1.82) is 0 Å². The number of imidazole rings is 1. The maximum absolute atomic E-state index is 15.2. The number of hydrogen-bond donors (Lipinski definition) is 0. The molecule has 0 atom stereocenters. The summed E-state index contributed by atoms with van der Waals surface area (Å²) < 4.78 is 86.4. The zero-order valence-electron chi connectivity index (χ0n) is 21.8. The molecule has 0 N–H and O–H groups in total. The summed E-state index contributed by atoms with van der Waals surface area (Å²) in [6.07, 6.45) is -5.43. The maximum atomic E-state index is 15.2. The van der Waals surface area contributed by atoms with Crippen molar-refractivity contribution >= 4 is 11.7 Å². The highest BCUT2D eigenvalue weighted by Crippen LogP contribution is 2.36. The number of aromatic nitrogens is 6. The third-order valence-electron chi connectivity index (χ3n) is 6.69. The van der Waals surface area contributed by atoms with E-state index in [-0.39, 0.29) is 66.3 Å². The van der Waals surface area contributed by atoms with Crippen molar-refractivity contribution in [3.63, 3.8) is 0 Å². The van der Waals surface area contributed by atoms with Crippen molar-refractivity contribution in [2.75, 3.05) is 4.90 Å². The van der Waals surface area contributed by atoms with Crippen LogP contribution < -0.4 is 4.90 Å². The molecule has 1 amide bonds. The van der Waals surface area contributed by atoms with Crippen LogP contribution in [-0.2, 0) is 30.6 Å². The second-order valence-corrected chi connectivity index (χ2v) is 9.68. The van der Waals surface area contributed by atoms with Gasteiger partial charge in [0.25, 0.3) is 6.43 Å². The Kier molecular flexibility index (Phi) is 6.96. The fraction of sp³-hybridized carbons (Fsp3) is 0.385. The first-order valence-corrected chi connectivity index (χ1v) is 12.6. The van der Waals surface area contributed by atoms with E-state index in [2.05, 4.69) is 15.2 Å². The van der Waals surface area contributed by atoms with E-state index in [0.29, 0.717) is 11.4 Å². The molecule has 0 saturated heterocycles. The summed E-state index contributed by atoms with van der Waals surface area (Å²) in [4.78, 5) is 17.9. The first-order chi connectivity index (χ1) is 18.9. The lowest BCUT2D eigenvalue weighted by Gasteiger charge is -2.27. The monoisotopic (exact) mass is 565 g/mol. The summed E-state index contributed by atoms with van der Waals surface area (Å²) in [7, 11) is 0. The number of halogens is 6. The average Bonchev–Trinajstić information content (AvgIpc) is 3.61. The summed E-state index contributed by atoms with van der Waals surface area (Å²) in [5.74, 6) is -0.880. The van der Waals surface area contributed by atoms with Gasteiger partial charge in [0.05, 0.1) is 36.1 Å². The fourth-order valence-electron chi connectivity index (χ4n) is 4.76. The van der Waals surface area contributed by atoms with Crippen LogP contribution in [-0.4, -0.2) is 35.0 Å². The van der Waals surface area contributed by atoms with Crippen molar-refractivity contribution in [2.45, 2.75) is 65.5 Å². The van der Waals surface area contributed by atoms with E-state index in [9.17, 15) is 26.7 Å². The Balaban J connectivity index is 1.48. The van der Waals surface area contributed by atoms with Crippen LogP contribution in [0.1, 0.15) is 56.5 Å². The molecule has 0 radical (unpaired) electrons. The molecule has 0 spiro atoms. The Bertz CT molecular complexity index is 1540. The lowest BCUT2D eigenvalue weighted by molar-refractivity contribution is -0.140. The maximum Gasteiger partial charge on any atom is 0.434 e. The van der Waals surface area contributed by atoms with E-state index < -0.39 is 24.1 Å². The molecule has 0 saturated carbocycles. The number of amides is 1. The van der Waals surface area contributed by atoms with E-state index in [1.807, 2.05) is 0 Å². The third-order valence-corrected chi connectivity index (χ3v) is 6.69. The average molecular weight is 566 g/mol. The van der Waals surface area contributed by atoms with Gasteiger partial charge >= 0.3 is 6.18 Å². The van der Waals surface area contributed by atoms with Crippen LogP contribution >= 0.6 is 0 Å². The van der Waals surface area contributed by atoms with E-state index in [4.69, 9.17) is 0 Å². The number of carbonyl (C=O) groups is 1. The molecular formula is C26H25F6N7O. The molecule has 8 nitrogen and oxygen atoms in total. The van der Waals surface area contributed by atoms with Gasteiger partial charge in [-0.3, -0.25) is 14.4 Å². The molecule has 5 rings (SSSR count). The molecule has 0 bridgehead atoms. The Labute approximate surface area is 224 Å². The first-order valence-electron chi connectivity index (χ1n) is 12.6. The summed E-state index contributed by atoms with van der Waals surface area (Å²) >= 11 is 0. The molecule has 0 unspecified atom stereocenters. The van der Waals surface area contributed by atoms with Crippen molar-refractivity contribution < 1.29 is 31.1 Å². The van der Waals surface area contributed by atoms with Gasteiger partial charge in [-0.05, 0) is 38.5 Å². The smallest absolute Gasteiger partial charge is 0.331 e. The summed E-state index contributed by atoms with van der Waals surface area (Å²) in [6.45, 7) is 5.53. The highest BCUT2D eigenvalue weighted by Gasteiger charge is 2.35. The number of anilines is 1. The second-order valence-electron chi connectivity index (χ2n) is 9.68. The largest absolute Gasteiger partial charge is 0.434 e. The topological polar surface area (TPSA) is 73.8 Å². The summed E-state index contributed by atoms with van der Waals surface area (Å²) in [6, 6.07) is 5.28. The Morgan fingerprint density at radius 2 is 1.88 bits per heavy atom. The molecule has 1 aliphatic rings. The van der Waals surface area contributed by atoms with Gasteiger partial charge in [0, 0.05) is 31.3 Å². The van der Waals surface area contributed by atoms with Crippen LogP contribution in [0, 0.1) is 5.82 Å². The lowest BCUT2D eigenvalue weighted by atomic mass is 10.1. The molecule has 0 fully saturated rings. The number of alkyl halides is 5. The molecule has 4 heterocycles. The van der Waals surface area contributed by atoms with Crippen LogP contribution in [0.15, 0.2) is 36.7 Å². The summed E-state index contributed by atoms with van der Waals surface area (Å²) in [5.41, 5.74) is -0.760. The molecule has 3 aromatic heterocycles. The SMILES string of the molecule is CCn1cc(C(F)(F)F)nc1-c1ccc(CN2C(=O)CCn3nc(-c4c(C(F)F)cnn4C(C)C)cc32)cc1F. The number of benzene rings is 1. The molecular weight excluding hydrogens is 540 g/mol. The van der Waals surface area contributed by atoms with Crippen LogP contribution in [0.4, 0.5) is 32.2 Å². The summed E-state index contributed by atoms with van der Waals surface area (Å²) in [5, 5.41) is 8.56. The second kappa shape index (κ2) is 10.1. The van der Waals surface area contributed by atoms with Crippen LogP contribution in [0.5, 0.6) is 0 Å². The molecule has 1 aliphatic heterocycles. The first kappa shape index (κ1) is 27.5. The Morgan fingerprint density at radius 3 is 2.50 bits per heavy atom. The minimum Gasteiger partial charge on any atom is -0.331 e. The van der Waals surface area contributed by atoms with Gasteiger partial charge in [0.1, 0.15) is 23.2 Å². The van der Waals surface area contributed by atoms with Crippen molar-refractivity contribution in [3.8, 4) is 22.8 Å². The number of carbonyl (C=O) groups excluding carboxylic acids is 1. The molecule has 212 valence electrons.